The summed E-state index contributed by atoms with van der Waals surface area (Å²) in [6.45, 7) is 6.58. The van der Waals surface area contributed by atoms with E-state index in [2.05, 4.69) is 29.3 Å². The Balaban J connectivity index is 2.33. The van der Waals surface area contributed by atoms with Gasteiger partial charge in [0.1, 0.15) is 17.3 Å². The predicted octanol–water partition coefficient (Wildman–Crippen LogP) is 3.21. The van der Waals surface area contributed by atoms with Gasteiger partial charge in [0.05, 0.1) is 13.2 Å². The lowest BCUT2D eigenvalue weighted by Gasteiger charge is -2.12. The minimum atomic E-state index is -0.617. The average molecular weight is 321 g/mol. The number of nitrogens with zero attached hydrogens (tertiary/aromatic N) is 2. The number of halogens is 1. The molecule has 0 amide bonds. The second-order valence-corrected chi connectivity index (χ2v) is 5.41. The van der Waals surface area contributed by atoms with Crippen LogP contribution >= 0.6 is 0 Å². The van der Waals surface area contributed by atoms with Gasteiger partial charge in [-0.05, 0) is 37.5 Å². The van der Waals surface area contributed by atoms with Crippen LogP contribution in [0, 0.1) is 11.7 Å². The van der Waals surface area contributed by atoms with Crippen LogP contribution < -0.4 is 4.74 Å². The van der Waals surface area contributed by atoms with E-state index in [1.54, 1.807) is 6.92 Å². The maximum atomic E-state index is 13.6. The van der Waals surface area contributed by atoms with Gasteiger partial charge < -0.3 is 9.47 Å². The topological polar surface area (TPSA) is 77.1 Å². The molecule has 0 aliphatic carbocycles. The summed E-state index contributed by atoms with van der Waals surface area (Å²) in [7, 11) is 0. The van der Waals surface area contributed by atoms with Gasteiger partial charge in [0, 0.05) is 5.56 Å². The van der Waals surface area contributed by atoms with E-state index in [1.807, 2.05) is 0 Å². The Morgan fingerprint density at radius 3 is 2.83 bits per heavy atom. The molecule has 2 rings (SSSR count). The number of ether oxygens (including phenoxy) is 2. The van der Waals surface area contributed by atoms with Crippen LogP contribution in [0.5, 0.6) is 5.75 Å². The Hall–Kier alpha value is -2.44. The third-order valence-electron chi connectivity index (χ3n) is 3.17. The molecular formula is C16H20FN3O3. The molecule has 6 nitrogen and oxygen atoms in total. The summed E-state index contributed by atoms with van der Waals surface area (Å²) in [4.78, 5) is 11.9. The van der Waals surface area contributed by atoms with Crippen molar-refractivity contribution in [2.75, 3.05) is 13.2 Å². The van der Waals surface area contributed by atoms with Crippen LogP contribution in [0.2, 0.25) is 0 Å². The van der Waals surface area contributed by atoms with Crippen molar-refractivity contribution in [3.05, 3.63) is 29.7 Å². The van der Waals surface area contributed by atoms with Crippen molar-refractivity contribution < 1.29 is 18.7 Å². The summed E-state index contributed by atoms with van der Waals surface area (Å²) in [5.74, 6) is -0.129. The number of rotatable bonds is 7. The molecule has 1 N–H and O–H groups in total. The van der Waals surface area contributed by atoms with Crippen LogP contribution in [0.15, 0.2) is 18.2 Å². The highest BCUT2D eigenvalue weighted by atomic mass is 19.1. The highest BCUT2D eigenvalue weighted by Gasteiger charge is 2.22. The minimum absolute atomic E-state index is 0.00570. The fourth-order valence-electron chi connectivity index (χ4n) is 1.98. The Morgan fingerprint density at radius 1 is 1.35 bits per heavy atom. The van der Waals surface area contributed by atoms with Gasteiger partial charge in [0.25, 0.3) is 0 Å². The molecule has 0 spiro atoms. The second-order valence-electron chi connectivity index (χ2n) is 5.41. The number of aromatic amines is 1. The standard InChI is InChI=1S/C16H20FN3O3/c1-4-22-16(21)15-14(18-20-19-15)12-9-11(17)5-6-13(12)23-8-7-10(2)3/h5-6,9-10H,4,7-8H2,1-3H3,(H,18,19,20). The molecule has 124 valence electrons. The fraction of sp³-hybridized carbons (Fsp3) is 0.438. The maximum Gasteiger partial charge on any atom is 0.361 e. The summed E-state index contributed by atoms with van der Waals surface area (Å²) < 4.78 is 24.3. The highest BCUT2D eigenvalue weighted by Crippen LogP contribution is 2.31. The zero-order valence-electron chi connectivity index (χ0n) is 13.4. The van der Waals surface area contributed by atoms with Crippen molar-refractivity contribution in [2.45, 2.75) is 27.2 Å². The summed E-state index contributed by atoms with van der Waals surface area (Å²) in [6.07, 6.45) is 0.861. The van der Waals surface area contributed by atoms with E-state index in [9.17, 15) is 9.18 Å². The van der Waals surface area contributed by atoms with Crippen molar-refractivity contribution in [1.82, 2.24) is 15.4 Å². The van der Waals surface area contributed by atoms with Crippen molar-refractivity contribution >= 4 is 5.97 Å². The first-order valence-electron chi connectivity index (χ1n) is 7.53. The molecule has 2 aromatic rings. The molecule has 1 aromatic heterocycles. The quantitative estimate of drug-likeness (QED) is 0.792. The zero-order chi connectivity index (χ0) is 16.8. The minimum Gasteiger partial charge on any atom is -0.493 e. The Bertz CT molecular complexity index is 670. The Labute approximate surface area is 134 Å². The van der Waals surface area contributed by atoms with Gasteiger partial charge in [-0.3, -0.25) is 0 Å². The van der Waals surface area contributed by atoms with Crippen molar-refractivity contribution in [3.8, 4) is 17.0 Å². The summed E-state index contributed by atoms with van der Waals surface area (Å²) in [6, 6.07) is 4.10. The largest absolute Gasteiger partial charge is 0.493 e. The number of carbonyl (C=O) groups excluding carboxylic acids is 1. The van der Waals surface area contributed by atoms with E-state index in [1.165, 1.54) is 18.2 Å². The lowest BCUT2D eigenvalue weighted by Crippen LogP contribution is -2.08. The van der Waals surface area contributed by atoms with Gasteiger partial charge in [-0.15, -0.1) is 5.10 Å². The van der Waals surface area contributed by atoms with Gasteiger partial charge >= 0.3 is 5.97 Å². The number of hydrogen-bond acceptors (Lipinski definition) is 5. The highest BCUT2D eigenvalue weighted by molar-refractivity contribution is 5.94. The molecule has 23 heavy (non-hydrogen) atoms. The predicted molar refractivity (Wildman–Crippen MR) is 82.7 cm³/mol. The van der Waals surface area contributed by atoms with Crippen LogP contribution in [0.3, 0.4) is 0 Å². The molecule has 7 heteroatoms. The molecule has 0 saturated carbocycles. The fourth-order valence-corrected chi connectivity index (χ4v) is 1.98. The molecule has 0 fully saturated rings. The normalized spacial score (nSPS) is 10.8. The lowest BCUT2D eigenvalue weighted by molar-refractivity contribution is 0.0520. The van der Waals surface area contributed by atoms with Crippen molar-refractivity contribution in [2.24, 2.45) is 5.92 Å². The number of H-pyrrole nitrogens is 1. The van der Waals surface area contributed by atoms with Gasteiger partial charge in [-0.2, -0.15) is 10.3 Å². The van der Waals surface area contributed by atoms with Crippen LogP contribution in [-0.4, -0.2) is 34.6 Å². The SMILES string of the molecule is CCOC(=O)c1n[nH]nc1-c1cc(F)ccc1OCCC(C)C. The lowest BCUT2D eigenvalue weighted by atomic mass is 10.1. The molecule has 0 radical (unpaired) electrons. The number of carbonyl (C=O) groups is 1. The van der Waals surface area contributed by atoms with Gasteiger partial charge in [0.15, 0.2) is 5.69 Å². The number of esters is 1. The van der Waals surface area contributed by atoms with Crippen LogP contribution in [0.25, 0.3) is 11.3 Å². The average Bonchev–Trinajstić information content (AvgIpc) is 2.98. The first-order valence-corrected chi connectivity index (χ1v) is 7.53. The monoisotopic (exact) mass is 321 g/mol. The molecule has 0 atom stereocenters. The van der Waals surface area contributed by atoms with Gasteiger partial charge in [0.2, 0.25) is 0 Å². The first kappa shape index (κ1) is 16.9. The summed E-state index contributed by atoms with van der Waals surface area (Å²) in [5, 5.41) is 10.1. The molecule has 0 unspecified atom stereocenters. The maximum absolute atomic E-state index is 13.6. The van der Waals surface area contributed by atoms with E-state index in [-0.39, 0.29) is 18.0 Å². The van der Waals surface area contributed by atoms with Gasteiger partial charge in [-0.1, -0.05) is 13.8 Å². The van der Waals surface area contributed by atoms with E-state index < -0.39 is 11.8 Å². The molecular weight excluding hydrogens is 301 g/mol. The number of aromatic nitrogens is 3. The third-order valence-corrected chi connectivity index (χ3v) is 3.17. The van der Waals surface area contributed by atoms with Crippen molar-refractivity contribution in [1.29, 1.82) is 0 Å². The Kier molecular flexibility index (Phi) is 5.67. The molecule has 0 bridgehead atoms. The third kappa shape index (κ3) is 4.28. The number of benzene rings is 1. The van der Waals surface area contributed by atoms with E-state index in [0.717, 1.165) is 6.42 Å². The van der Waals surface area contributed by atoms with E-state index in [0.29, 0.717) is 23.8 Å². The molecule has 1 heterocycles. The summed E-state index contributed by atoms with van der Waals surface area (Å²) >= 11 is 0. The Morgan fingerprint density at radius 2 is 2.13 bits per heavy atom. The van der Waals surface area contributed by atoms with E-state index >= 15 is 0 Å². The van der Waals surface area contributed by atoms with Crippen LogP contribution in [0.1, 0.15) is 37.7 Å². The zero-order valence-corrected chi connectivity index (χ0v) is 13.4. The van der Waals surface area contributed by atoms with E-state index in [4.69, 9.17) is 9.47 Å². The van der Waals surface area contributed by atoms with Crippen molar-refractivity contribution in [3.63, 3.8) is 0 Å². The number of nitrogens with one attached hydrogen (secondary N) is 1. The van der Waals surface area contributed by atoms with Gasteiger partial charge in [-0.25, -0.2) is 9.18 Å². The first-order chi connectivity index (χ1) is 11.0. The molecule has 1 aromatic carbocycles. The van der Waals surface area contributed by atoms with Crippen LogP contribution in [-0.2, 0) is 4.74 Å². The summed E-state index contributed by atoms with van der Waals surface area (Å²) in [5.41, 5.74) is 0.583. The molecule has 0 saturated heterocycles. The smallest absolute Gasteiger partial charge is 0.361 e. The molecule has 0 aliphatic rings. The second kappa shape index (κ2) is 7.71. The number of hydrogen-bond donors (Lipinski definition) is 1. The van der Waals surface area contributed by atoms with Crippen LogP contribution in [0.4, 0.5) is 4.39 Å². The molecule has 0 aliphatic heterocycles.